The molecule has 1 aromatic carbocycles. The maximum atomic E-state index is 14.5. The van der Waals surface area contributed by atoms with E-state index in [0.29, 0.717) is 34.7 Å². The summed E-state index contributed by atoms with van der Waals surface area (Å²) < 4.78 is 39.4. The van der Waals surface area contributed by atoms with Gasteiger partial charge in [-0.1, -0.05) is 29.7 Å². The summed E-state index contributed by atoms with van der Waals surface area (Å²) >= 11 is 7.64. The lowest BCUT2D eigenvalue weighted by Gasteiger charge is -2.34. The smallest absolute Gasteiger partial charge is 0.338 e. The van der Waals surface area contributed by atoms with Gasteiger partial charge in [0.2, 0.25) is 5.89 Å². The van der Waals surface area contributed by atoms with Crippen LogP contribution < -0.4 is 5.32 Å². The Bertz CT molecular complexity index is 1380. The summed E-state index contributed by atoms with van der Waals surface area (Å²) in [5.74, 6) is -1.05. The molecule has 0 spiro atoms. The molecule has 1 fully saturated rings. The van der Waals surface area contributed by atoms with Crippen LogP contribution >= 0.6 is 22.9 Å². The number of amidine groups is 1. The highest BCUT2D eigenvalue weighted by atomic mass is 35.5. The minimum atomic E-state index is -1.19. The maximum Gasteiger partial charge on any atom is 0.338 e. The second-order valence-electron chi connectivity index (χ2n) is 9.11. The molecule has 8 nitrogen and oxygen atoms in total. The van der Waals surface area contributed by atoms with Crippen molar-refractivity contribution in [2.75, 3.05) is 6.61 Å². The molecule has 38 heavy (non-hydrogen) atoms. The second-order valence-corrected chi connectivity index (χ2v) is 10.4. The number of rotatable bonds is 7. The summed E-state index contributed by atoms with van der Waals surface area (Å²) in [6, 6.07) is 1.33. The molecule has 2 aromatic heterocycles. The molecule has 1 saturated carbocycles. The SMILES string of the molecule is CCOC(=O)C1=C(C2CCC(c3nc(CC)no3)CC2)NC(c2nccs2)=NC1c1ccc(F)c(F)c1Cl. The molecule has 0 radical (unpaired) electrons. The molecular formula is C26H26ClF2N5O3S. The first-order valence-electron chi connectivity index (χ1n) is 12.5. The third kappa shape index (κ3) is 5.09. The van der Waals surface area contributed by atoms with E-state index in [2.05, 4.69) is 20.4 Å². The molecule has 1 N–H and O–H groups in total. The Morgan fingerprint density at radius 1 is 1.21 bits per heavy atom. The van der Waals surface area contributed by atoms with Gasteiger partial charge >= 0.3 is 5.97 Å². The van der Waals surface area contributed by atoms with Crippen molar-refractivity contribution in [3.8, 4) is 0 Å². The van der Waals surface area contributed by atoms with E-state index in [1.165, 1.54) is 17.4 Å². The average molecular weight is 562 g/mol. The Kier molecular flexibility index (Phi) is 7.85. The molecule has 1 unspecified atom stereocenters. The van der Waals surface area contributed by atoms with Gasteiger partial charge in [-0.15, -0.1) is 11.3 Å². The van der Waals surface area contributed by atoms with Crippen molar-refractivity contribution in [2.24, 2.45) is 10.9 Å². The van der Waals surface area contributed by atoms with Crippen LogP contribution in [0.25, 0.3) is 0 Å². The van der Waals surface area contributed by atoms with Gasteiger partial charge in [0, 0.05) is 35.2 Å². The highest BCUT2D eigenvalue weighted by Gasteiger charge is 2.39. The highest BCUT2D eigenvalue weighted by molar-refractivity contribution is 7.11. The van der Waals surface area contributed by atoms with Gasteiger partial charge < -0.3 is 14.6 Å². The van der Waals surface area contributed by atoms with Crippen LogP contribution in [0.2, 0.25) is 5.02 Å². The largest absolute Gasteiger partial charge is 0.463 e. The normalized spacial score (nSPS) is 21.7. The molecule has 3 aromatic rings. The molecule has 0 saturated heterocycles. The predicted molar refractivity (Wildman–Crippen MR) is 138 cm³/mol. The molecule has 0 amide bonds. The number of halogens is 3. The number of hydrogen-bond donors (Lipinski definition) is 1. The van der Waals surface area contributed by atoms with E-state index in [1.54, 1.807) is 13.1 Å². The lowest BCUT2D eigenvalue weighted by molar-refractivity contribution is -0.139. The topological polar surface area (TPSA) is 102 Å². The van der Waals surface area contributed by atoms with Crippen LogP contribution in [0, 0.1) is 17.6 Å². The molecule has 2 aliphatic rings. The van der Waals surface area contributed by atoms with Gasteiger partial charge in [0.15, 0.2) is 28.3 Å². The van der Waals surface area contributed by atoms with E-state index in [0.717, 1.165) is 31.7 Å². The number of ether oxygens (including phenoxy) is 1. The number of aromatic nitrogens is 3. The van der Waals surface area contributed by atoms with Crippen LogP contribution in [0.15, 0.2) is 44.5 Å². The Labute approximate surface area is 227 Å². The van der Waals surface area contributed by atoms with Crippen LogP contribution in [0.1, 0.15) is 73.8 Å². The number of carbonyl (C=O) groups excluding carboxylic acids is 1. The molecule has 1 aliphatic carbocycles. The highest BCUT2D eigenvalue weighted by Crippen LogP contribution is 2.44. The first-order chi connectivity index (χ1) is 18.4. The first-order valence-corrected chi connectivity index (χ1v) is 13.8. The average Bonchev–Trinajstić information content (AvgIpc) is 3.64. The van der Waals surface area contributed by atoms with Crippen molar-refractivity contribution in [3.63, 3.8) is 0 Å². The quantitative estimate of drug-likeness (QED) is 0.283. The van der Waals surface area contributed by atoms with Gasteiger partial charge in [-0.3, -0.25) is 4.99 Å². The van der Waals surface area contributed by atoms with Gasteiger partial charge in [-0.05, 0) is 44.6 Å². The fourth-order valence-electron chi connectivity index (χ4n) is 4.95. The van der Waals surface area contributed by atoms with Crippen LogP contribution in [0.4, 0.5) is 8.78 Å². The number of aryl methyl sites for hydroxylation is 1. The number of hydrogen-bond acceptors (Lipinski definition) is 9. The predicted octanol–water partition coefficient (Wildman–Crippen LogP) is 5.90. The monoisotopic (exact) mass is 561 g/mol. The maximum absolute atomic E-state index is 14.5. The molecule has 12 heteroatoms. The van der Waals surface area contributed by atoms with Crippen molar-refractivity contribution < 1.29 is 22.8 Å². The number of nitrogens with zero attached hydrogens (tertiary/aromatic N) is 4. The standard InChI is InChI=1S/C26H26ClF2N5O3S/c1-3-17-31-24(37-34-17)14-7-5-13(6-8-14)21-18(26(35)36-4-2)22(15-9-10-16(28)20(29)19(15)27)33-23(32-21)25-30-11-12-38-25/h9-14,22H,3-8H2,1-2H3,(H,32,33). The molecule has 5 rings (SSSR count). The van der Waals surface area contributed by atoms with Gasteiger partial charge in [0.05, 0.1) is 17.2 Å². The fourth-order valence-corrected chi connectivity index (χ4v) is 5.80. The zero-order valence-electron chi connectivity index (χ0n) is 20.8. The Morgan fingerprint density at radius 2 is 1.97 bits per heavy atom. The van der Waals surface area contributed by atoms with Crippen molar-refractivity contribution in [3.05, 3.63) is 73.9 Å². The second kappa shape index (κ2) is 11.3. The van der Waals surface area contributed by atoms with Crippen molar-refractivity contribution in [1.82, 2.24) is 20.4 Å². The number of carbonyl (C=O) groups is 1. The Balaban J connectivity index is 1.55. The number of nitrogens with one attached hydrogen (secondary N) is 1. The summed E-state index contributed by atoms with van der Waals surface area (Å²) in [5.41, 5.74) is 1.04. The van der Waals surface area contributed by atoms with Crippen molar-refractivity contribution in [1.29, 1.82) is 0 Å². The minimum Gasteiger partial charge on any atom is -0.463 e. The summed E-state index contributed by atoms with van der Waals surface area (Å²) in [6.07, 6.45) is 5.35. The van der Waals surface area contributed by atoms with Gasteiger partial charge in [-0.2, -0.15) is 4.98 Å². The zero-order valence-corrected chi connectivity index (χ0v) is 22.4. The van der Waals surface area contributed by atoms with Gasteiger partial charge in [0.1, 0.15) is 6.04 Å². The van der Waals surface area contributed by atoms with E-state index >= 15 is 0 Å². The lowest BCUT2D eigenvalue weighted by Crippen LogP contribution is -2.38. The van der Waals surface area contributed by atoms with Crippen LogP contribution in [-0.4, -0.2) is 33.5 Å². The molecule has 0 bridgehead atoms. The van der Waals surface area contributed by atoms with E-state index in [1.807, 2.05) is 12.3 Å². The number of aliphatic imine (C=N–C) groups is 1. The first kappa shape index (κ1) is 26.4. The Hall–Kier alpha value is -3.18. The number of thiazole rings is 1. The van der Waals surface area contributed by atoms with Crippen molar-refractivity contribution >= 4 is 34.7 Å². The zero-order chi connectivity index (χ0) is 26.8. The molecule has 3 heterocycles. The molecular weight excluding hydrogens is 536 g/mol. The van der Waals surface area contributed by atoms with E-state index in [4.69, 9.17) is 25.9 Å². The van der Waals surface area contributed by atoms with Crippen LogP contribution in [0.5, 0.6) is 0 Å². The Morgan fingerprint density at radius 3 is 2.63 bits per heavy atom. The molecule has 1 atom stereocenters. The van der Waals surface area contributed by atoms with E-state index in [9.17, 15) is 13.6 Å². The van der Waals surface area contributed by atoms with Crippen LogP contribution in [-0.2, 0) is 16.0 Å². The number of benzene rings is 1. The lowest BCUT2D eigenvalue weighted by atomic mass is 9.78. The fraction of sp³-hybridized carbons (Fsp3) is 0.423. The number of allylic oxidation sites excluding steroid dienone is 1. The minimum absolute atomic E-state index is 0.0590. The summed E-state index contributed by atoms with van der Waals surface area (Å²) in [5, 5.41) is 9.34. The summed E-state index contributed by atoms with van der Waals surface area (Å²) in [6.45, 7) is 3.82. The van der Waals surface area contributed by atoms with Crippen molar-refractivity contribution in [2.45, 2.75) is 57.9 Å². The third-order valence-electron chi connectivity index (χ3n) is 6.85. The molecule has 1 aliphatic heterocycles. The third-order valence-corrected chi connectivity index (χ3v) is 8.01. The summed E-state index contributed by atoms with van der Waals surface area (Å²) in [4.78, 5) is 26.9. The summed E-state index contributed by atoms with van der Waals surface area (Å²) in [7, 11) is 0. The van der Waals surface area contributed by atoms with E-state index in [-0.39, 0.29) is 29.6 Å². The van der Waals surface area contributed by atoms with Gasteiger partial charge in [-0.25, -0.2) is 18.6 Å². The van der Waals surface area contributed by atoms with Crippen LogP contribution in [0.3, 0.4) is 0 Å². The number of esters is 1. The molecule has 200 valence electrons. The van der Waals surface area contributed by atoms with Gasteiger partial charge in [0.25, 0.3) is 0 Å². The van der Waals surface area contributed by atoms with E-state index < -0.39 is 28.7 Å².